The molecule has 1 unspecified atom stereocenters. The quantitative estimate of drug-likeness (QED) is 0.919. The van der Waals surface area contributed by atoms with Crippen molar-refractivity contribution in [2.75, 3.05) is 24.3 Å². The van der Waals surface area contributed by atoms with Crippen LogP contribution in [0.4, 0.5) is 11.4 Å². The lowest BCUT2D eigenvalue weighted by atomic mass is 9.97. The first-order valence-electron chi connectivity index (χ1n) is 8.77. The Kier molecular flexibility index (Phi) is 4.88. The van der Waals surface area contributed by atoms with Crippen molar-refractivity contribution >= 4 is 23.0 Å². The van der Waals surface area contributed by atoms with Gasteiger partial charge in [-0.2, -0.15) is 0 Å². The fourth-order valence-corrected chi connectivity index (χ4v) is 3.02. The molecule has 0 fully saturated rings. The fraction of sp³-hybridized carbons (Fsp3) is 0.333. The van der Waals surface area contributed by atoms with E-state index in [4.69, 9.17) is 4.99 Å². The van der Waals surface area contributed by atoms with Crippen molar-refractivity contribution in [1.29, 1.82) is 0 Å². The molecule has 1 N–H and O–H groups in total. The Bertz CT molecular complexity index is 796. The largest absolute Gasteiger partial charge is 0.378 e. The molecule has 2 aromatic carbocycles. The molecule has 4 heteroatoms. The van der Waals surface area contributed by atoms with Crippen LogP contribution >= 0.6 is 0 Å². The van der Waals surface area contributed by atoms with Gasteiger partial charge in [0.15, 0.2) is 0 Å². The Morgan fingerprint density at radius 3 is 2.52 bits per heavy atom. The normalized spacial score (nSPS) is 17.8. The molecule has 3 rings (SSSR count). The molecule has 1 aliphatic heterocycles. The third-order valence-electron chi connectivity index (χ3n) is 4.80. The van der Waals surface area contributed by atoms with Gasteiger partial charge >= 0.3 is 0 Å². The van der Waals surface area contributed by atoms with Crippen LogP contribution in [0.5, 0.6) is 0 Å². The summed E-state index contributed by atoms with van der Waals surface area (Å²) in [6.07, 6.45) is 0.906. The predicted octanol–water partition coefficient (Wildman–Crippen LogP) is 3.96. The summed E-state index contributed by atoms with van der Waals surface area (Å²) in [5.74, 6) is 0.153. The number of rotatable bonds is 4. The van der Waals surface area contributed by atoms with Crippen LogP contribution < -0.4 is 10.2 Å². The number of amides is 1. The second-order valence-electron chi connectivity index (χ2n) is 6.79. The highest BCUT2D eigenvalue weighted by molar-refractivity contribution is 6.20. The Morgan fingerprint density at radius 2 is 1.88 bits per heavy atom. The van der Waals surface area contributed by atoms with Crippen LogP contribution in [-0.2, 0) is 4.79 Å². The highest BCUT2D eigenvalue weighted by Crippen LogP contribution is 2.30. The number of nitrogens with one attached hydrogen (secondary N) is 1. The summed E-state index contributed by atoms with van der Waals surface area (Å²) in [4.78, 5) is 19.7. The predicted molar refractivity (Wildman–Crippen MR) is 105 cm³/mol. The molecule has 0 bridgehead atoms. The maximum absolute atomic E-state index is 12.7. The van der Waals surface area contributed by atoms with Crippen LogP contribution in [-0.4, -0.2) is 31.8 Å². The zero-order valence-corrected chi connectivity index (χ0v) is 15.3. The summed E-state index contributed by atoms with van der Waals surface area (Å²) in [5.41, 5.74) is 4.78. The van der Waals surface area contributed by atoms with Gasteiger partial charge in [0.1, 0.15) is 6.04 Å². The maximum Gasteiger partial charge on any atom is 0.249 e. The molecule has 0 saturated heterocycles. The summed E-state index contributed by atoms with van der Waals surface area (Å²) in [6.45, 7) is 4.18. The number of aliphatic imine (C=N–C) groups is 1. The van der Waals surface area contributed by atoms with Crippen LogP contribution in [0.25, 0.3) is 0 Å². The lowest BCUT2D eigenvalue weighted by Crippen LogP contribution is -2.31. The van der Waals surface area contributed by atoms with Crippen molar-refractivity contribution in [3.63, 3.8) is 0 Å². The summed E-state index contributed by atoms with van der Waals surface area (Å²) in [5, 5.41) is 3.08. The van der Waals surface area contributed by atoms with Crippen molar-refractivity contribution in [2.24, 2.45) is 10.9 Å². The van der Waals surface area contributed by atoms with Crippen LogP contribution in [0.1, 0.15) is 31.4 Å². The summed E-state index contributed by atoms with van der Waals surface area (Å²) < 4.78 is 0. The van der Waals surface area contributed by atoms with Gasteiger partial charge in [-0.15, -0.1) is 0 Å². The van der Waals surface area contributed by atoms with E-state index in [1.54, 1.807) is 0 Å². The van der Waals surface area contributed by atoms with E-state index in [0.717, 1.165) is 34.6 Å². The van der Waals surface area contributed by atoms with Crippen molar-refractivity contribution in [1.82, 2.24) is 0 Å². The van der Waals surface area contributed by atoms with Crippen molar-refractivity contribution in [2.45, 2.75) is 26.3 Å². The Hall–Kier alpha value is -2.62. The number of hydrogen-bond acceptors (Lipinski definition) is 3. The van der Waals surface area contributed by atoms with Gasteiger partial charge < -0.3 is 10.2 Å². The van der Waals surface area contributed by atoms with E-state index in [2.05, 4.69) is 42.3 Å². The van der Waals surface area contributed by atoms with Crippen molar-refractivity contribution in [3.05, 3.63) is 59.7 Å². The molecule has 2 atom stereocenters. The second kappa shape index (κ2) is 7.09. The average Bonchev–Trinajstić information content (AvgIpc) is 2.77. The lowest BCUT2D eigenvalue weighted by Gasteiger charge is -2.17. The molecule has 0 aromatic heterocycles. The zero-order chi connectivity index (χ0) is 18.0. The van der Waals surface area contributed by atoms with E-state index in [0.29, 0.717) is 0 Å². The standard InChI is InChI=1S/C21H25N3O/c1-5-14(2)19-21(25)22-18-12-11-16(24(3)4)13-17(18)20(23-19)15-9-7-6-8-10-15/h6-14,19H,5H2,1-4H3,(H,22,25)/t14?,19-/m0/s1. The van der Waals surface area contributed by atoms with E-state index in [9.17, 15) is 4.79 Å². The number of carbonyl (C=O) groups is 1. The van der Waals surface area contributed by atoms with E-state index in [1.807, 2.05) is 44.4 Å². The minimum absolute atomic E-state index is 0.0286. The van der Waals surface area contributed by atoms with Crippen LogP contribution in [0, 0.1) is 5.92 Å². The van der Waals surface area contributed by atoms with Crippen LogP contribution in [0.2, 0.25) is 0 Å². The van der Waals surface area contributed by atoms with Gasteiger partial charge in [0.25, 0.3) is 0 Å². The van der Waals surface area contributed by atoms with E-state index in [-0.39, 0.29) is 17.9 Å². The van der Waals surface area contributed by atoms with E-state index in [1.165, 1.54) is 0 Å². The third kappa shape index (κ3) is 3.43. The monoisotopic (exact) mass is 335 g/mol. The first-order chi connectivity index (χ1) is 12.0. The molecule has 4 nitrogen and oxygen atoms in total. The average molecular weight is 335 g/mol. The van der Waals surface area contributed by atoms with Crippen molar-refractivity contribution in [3.8, 4) is 0 Å². The molecule has 1 heterocycles. The molecule has 0 aliphatic carbocycles. The first kappa shape index (κ1) is 17.2. The van der Waals surface area contributed by atoms with Crippen molar-refractivity contribution < 1.29 is 4.79 Å². The molecule has 0 radical (unpaired) electrons. The molecule has 25 heavy (non-hydrogen) atoms. The number of benzene rings is 2. The fourth-order valence-electron chi connectivity index (χ4n) is 3.02. The SMILES string of the molecule is CCC(C)[C@@H]1N=C(c2ccccc2)c2cc(N(C)C)ccc2NC1=O. The van der Waals surface area contributed by atoms with Gasteiger partial charge in [-0.1, -0.05) is 50.6 Å². The minimum Gasteiger partial charge on any atom is -0.378 e. The second-order valence-corrected chi connectivity index (χ2v) is 6.79. The molecule has 0 spiro atoms. The summed E-state index contributed by atoms with van der Waals surface area (Å²) >= 11 is 0. The minimum atomic E-state index is -0.379. The van der Waals surface area contributed by atoms with Gasteiger partial charge in [-0.3, -0.25) is 9.79 Å². The molecule has 0 saturated carbocycles. The van der Waals surface area contributed by atoms with Crippen LogP contribution in [0.15, 0.2) is 53.5 Å². The number of fused-ring (bicyclic) bond motifs is 1. The van der Waals surface area contributed by atoms with E-state index >= 15 is 0 Å². The molecule has 1 amide bonds. The summed E-state index contributed by atoms with van der Waals surface area (Å²) in [7, 11) is 4.02. The highest BCUT2D eigenvalue weighted by atomic mass is 16.2. The van der Waals surface area contributed by atoms with Gasteiger partial charge in [-0.25, -0.2) is 0 Å². The third-order valence-corrected chi connectivity index (χ3v) is 4.80. The number of carbonyl (C=O) groups excluding carboxylic acids is 1. The molecule has 2 aromatic rings. The number of benzodiazepines with no additional fused rings is 1. The van der Waals surface area contributed by atoms with Crippen LogP contribution in [0.3, 0.4) is 0 Å². The lowest BCUT2D eigenvalue weighted by molar-refractivity contribution is -0.118. The smallest absolute Gasteiger partial charge is 0.249 e. The number of hydrogen-bond donors (Lipinski definition) is 1. The topological polar surface area (TPSA) is 44.7 Å². The van der Waals surface area contributed by atoms with Gasteiger partial charge in [0, 0.05) is 30.9 Å². The number of anilines is 2. The Balaban J connectivity index is 2.21. The summed E-state index contributed by atoms with van der Waals surface area (Å²) in [6, 6.07) is 15.8. The van der Waals surface area contributed by atoms with Gasteiger partial charge in [0.2, 0.25) is 5.91 Å². The van der Waals surface area contributed by atoms with Gasteiger partial charge in [-0.05, 0) is 24.1 Å². The highest BCUT2D eigenvalue weighted by Gasteiger charge is 2.29. The molecular formula is C21H25N3O. The van der Waals surface area contributed by atoms with E-state index < -0.39 is 0 Å². The molecule has 130 valence electrons. The molecule has 1 aliphatic rings. The molecular weight excluding hydrogens is 310 g/mol. The zero-order valence-electron chi connectivity index (χ0n) is 15.3. The Morgan fingerprint density at radius 1 is 1.16 bits per heavy atom. The van der Waals surface area contributed by atoms with Gasteiger partial charge in [0.05, 0.1) is 11.4 Å². The Labute approximate surface area is 149 Å². The number of nitrogens with zero attached hydrogens (tertiary/aromatic N) is 2. The maximum atomic E-state index is 12.7. The first-order valence-corrected chi connectivity index (χ1v) is 8.77.